The lowest BCUT2D eigenvalue weighted by Crippen LogP contribution is -2.44. The highest BCUT2D eigenvalue weighted by atomic mass is 32.2. The first-order chi connectivity index (χ1) is 13.2. The van der Waals surface area contributed by atoms with E-state index in [9.17, 15) is 4.79 Å². The van der Waals surface area contributed by atoms with Gasteiger partial charge in [-0.2, -0.15) is 0 Å². The van der Waals surface area contributed by atoms with E-state index in [4.69, 9.17) is 13.7 Å². The van der Waals surface area contributed by atoms with Gasteiger partial charge in [0.15, 0.2) is 11.5 Å². The van der Waals surface area contributed by atoms with Crippen molar-refractivity contribution in [2.45, 2.75) is 22.5 Å². The van der Waals surface area contributed by atoms with E-state index in [1.165, 1.54) is 4.90 Å². The van der Waals surface area contributed by atoms with Gasteiger partial charge in [-0.1, -0.05) is 23.4 Å². The molecule has 0 radical (unpaired) electrons. The van der Waals surface area contributed by atoms with E-state index < -0.39 is 0 Å². The van der Waals surface area contributed by atoms with Gasteiger partial charge in [-0.15, -0.1) is 11.8 Å². The van der Waals surface area contributed by atoms with Gasteiger partial charge in [0.1, 0.15) is 0 Å². The van der Waals surface area contributed by atoms with Gasteiger partial charge in [0.05, 0.1) is 6.26 Å². The molecule has 3 heterocycles. The van der Waals surface area contributed by atoms with Crippen LogP contribution < -0.4 is 5.32 Å². The fourth-order valence-electron chi connectivity index (χ4n) is 3.05. The van der Waals surface area contributed by atoms with Crippen LogP contribution in [0.1, 0.15) is 23.3 Å². The van der Waals surface area contributed by atoms with Crippen LogP contribution in [-0.2, 0) is 4.74 Å². The molecule has 0 spiro atoms. The van der Waals surface area contributed by atoms with E-state index in [-0.39, 0.29) is 16.3 Å². The first kappa shape index (κ1) is 17.9. The Balaban J connectivity index is 1.43. The molecule has 140 valence electrons. The zero-order chi connectivity index (χ0) is 18.5. The number of nitrogens with zero attached hydrogens (tertiary/aromatic N) is 1. The number of carbonyl (C=O) groups is 1. The van der Waals surface area contributed by atoms with Crippen LogP contribution in [0.4, 0.5) is 0 Å². The maximum atomic E-state index is 12.6. The first-order valence-corrected chi connectivity index (χ1v) is 9.66. The number of amides is 1. The summed E-state index contributed by atoms with van der Waals surface area (Å²) in [5, 5.41) is 6.88. The number of carbonyl (C=O) groups excluding carboxylic acids is 1. The molecule has 1 fully saturated rings. The lowest BCUT2D eigenvalue weighted by Gasteiger charge is -2.36. The Bertz CT molecular complexity index is 871. The van der Waals surface area contributed by atoms with Gasteiger partial charge >= 0.3 is 0 Å². The molecular weight excluding hydrogens is 364 g/mol. The molecule has 2 aromatic heterocycles. The smallest absolute Gasteiger partial charge is 0.273 e. The van der Waals surface area contributed by atoms with Gasteiger partial charge in [0.25, 0.3) is 5.91 Å². The summed E-state index contributed by atoms with van der Waals surface area (Å²) < 4.78 is 15.9. The van der Waals surface area contributed by atoms with Crippen LogP contribution in [-0.4, -0.2) is 35.6 Å². The highest BCUT2D eigenvalue weighted by Crippen LogP contribution is 2.40. The average molecular weight is 384 g/mol. The molecule has 0 aliphatic carbocycles. The second kappa shape index (κ2) is 8.02. The van der Waals surface area contributed by atoms with Gasteiger partial charge in [-0.25, -0.2) is 0 Å². The number of benzene rings is 1. The van der Waals surface area contributed by atoms with Gasteiger partial charge in [-0.05, 0) is 37.1 Å². The molecule has 4 rings (SSSR count). The summed E-state index contributed by atoms with van der Waals surface area (Å²) in [6, 6.07) is 15.4. The summed E-state index contributed by atoms with van der Waals surface area (Å²) >= 11 is 1.80. The van der Waals surface area contributed by atoms with Gasteiger partial charge in [0, 0.05) is 35.5 Å². The Labute approximate surface area is 161 Å². The van der Waals surface area contributed by atoms with Gasteiger partial charge in [-0.3, -0.25) is 4.79 Å². The summed E-state index contributed by atoms with van der Waals surface area (Å²) in [6.07, 6.45) is 3.31. The maximum absolute atomic E-state index is 12.6. The minimum Gasteiger partial charge on any atom is -0.461 e. The second-order valence-corrected chi connectivity index (χ2v) is 7.99. The van der Waals surface area contributed by atoms with Crippen molar-refractivity contribution in [3.63, 3.8) is 0 Å². The average Bonchev–Trinajstić information content (AvgIpc) is 3.39. The Morgan fingerprint density at radius 1 is 1.11 bits per heavy atom. The lowest BCUT2D eigenvalue weighted by atomic mass is 9.99. The number of nitrogens with one attached hydrogen (secondary N) is 1. The molecule has 1 aliphatic rings. The van der Waals surface area contributed by atoms with Crippen molar-refractivity contribution in [3.8, 4) is 11.5 Å². The Hall–Kier alpha value is -2.51. The van der Waals surface area contributed by atoms with E-state index in [2.05, 4.69) is 22.6 Å². The third-order valence-electron chi connectivity index (χ3n) is 4.56. The predicted octanol–water partition coefficient (Wildman–Crippen LogP) is 4.01. The second-order valence-electron chi connectivity index (χ2n) is 6.45. The third-order valence-corrected chi connectivity index (χ3v) is 6.05. The van der Waals surface area contributed by atoms with Crippen molar-refractivity contribution in [3.05, 3.63) is 60.5 Å². The van der Waals surface area contributed by atoms with Crippen LogP contribution in [0, 0.1) is 0 Å². The molecule has 6 nitrogen and oxygen atoms in total. The zero-order valence-electron chi connectivity index (χ0n) is 14.7. The van der Waals surface area contributed by atoms with Crippen LogP contribution in [0.25, 0.3) is 11.5 Å². The van der Waals surface area contributed by atoms with Crippen molar-refractivity contribution in [2.24, 2.45) is 0 Å². The highest BCUT2D eigenvalue weighted by Gasteiger charge is 2.34. The largest absolute Gasteiger partial charge is 0.461 e. The fourth-order valence-corrected chi connectivity index (χ4v) is 4.35. The van der Waals surface area contributed by atoms with Gasteiger partial charge in [0.2, 0.25) is 5.76 Å². The van der Waals surface area contributed by atoms with Crippen LogP contribution in [0.5, 0.6) is 0 Å². The van der Waals surface area contributed by atoms with E-state index >= 15 is 0 Å². The quantitative estimate of drug-likeness (QED) is 0.692. The molecule has 1 saturated heterocycles. The van der Waals surface area contributed by atoms with Crippen LogP contribution >= 0.6 is 11.8 Å². The molecule has 1 amide bonds. The van der Waals surface area contributed by atoms with E-state index in [1.807, 2.05) is 18.2 Å². The lowest BCUT2D eigenvalue weighted by molar-refractivity contribution is 0.0739. The summed E-state index contributed by atoms with van der Waals surface area (Å²) in [4.78, 5) is 13.8. The number of furan rings is 1. The number of aromatic nitrogens is 1. The topological polar surface area (TPSA) is 77.5 Å². The summed E-state index contributed by atoms with van der Waals surface area (Å²) in [5.74, 6) is 0.725. The number of rotatable bonds is 6. The van der Waals surface area contributed by atoms with Crippen molar-refractivity contribution < 1.29 is 18.5 Å². The Kier molecular flexibility index (Phi) is 5.31. The molecule has 27 heavy (non-hydrogen) atoms. The minimum absolute atomic E-state index is 0.0944. The van der Waals surface area contributed by atoms with Crippen LogP contribution in [0.3, 0.4) is 0 Å². The van der Waals surface area contributed by atoms with Crippen molar-refractivity contribution in [1.29, 1.82) is 0 Å². The minimum atomic E-state index is -0.254. The molecule has 1 aromatic carbocycles. The van der Waals surface area contributed by atoms with Crippen molar-refractivity contribution in [2.75, 3.05) is 19.8 Å². The highest BCUT2D eigenvalue weighted by molar-refractivity contribution is 8.00. The number of thioether (sulfide) groups is 1. The normalized spacial score (nSPS) is 16.1. The van der Waals surface area contributed by atoms with E-state index in [0.29, 0.717) is 31.3 Å². The van der Waals surface area contributed by atoms with Crippen molar-refractivity contribution >= 4 is 17.7 Å². The van der Waals surface area contributed by atoms with Crippen LogP contribution in [0.15, 0.2) is 68.6 Å². The first-order valence-electron chi connectivity index (χ1n) is 8.85. The molecule has 0 bridgehead atoms. The summed E-state index contributed by atoms with van der Waals surface area (Å²) in [7, 11) is 0. The monoisotopic (exact) mass is 384 g/mol. The predicted molar refractivity (Wildman–Crippen MR) is 102 cm³/mol. The Morgan fingerprint density at radius 2 is 1.93 bits per heavy atom. The zero-order valence-corrected chi connectivity index (χ0v) is 15.5. The Morgan fingerprint density at radius 3 is 2.67 bits per heavy atom. The SMILES string of the molecule is O=C(NCC1(Sc2ccccc2)CCOCC1)c1cc(-c2ccco2)on1. The number of hydrogen-bond acceptors (Lipinski definition) is 6. The summed E-state index contributed by atoms with van der Waals surface area (Å²) in [6.45, 7) is 1.93. The standard InChI is InChI=1S/C20H20N2O4S/c23-19(16-13-18(26-22-16)17-7-4-10-25-17)21-14-20(8-11-24-12-9-20)27-15-5-2-1-3-6-15/h1-7,10,13H,8-9,11-12,14H2,(H,21,23). The summed E-state index contributed by atoms with van der Waals surface area (Å²) in [5.41, 5.74) is 0.244. The fraction of sp³-hybridized carbons (Fsp3) is 0.300. The molecule has 0 saturated carbocycles. The maximum Gasteiger partial charge on any atom is 0.273 e. The molecular formula is C20H20N2O4S. The van der Waals surface area contributed by atoms with Gasteiger partial charge < -0.3 is 19.0 Å². The molecule has 1 aliphatic heterocycles. The van der Waals surface area contributed by atoms with E-state index in [0.717, 1.165) is 12.8 Å². The van der Waals surface area contributed by atoms with E-state index in [1.54, 1.807) is 36.2 Å². The molecule has 0 unspecified atom stereocenters. The third kappa shape index (κ3) is 4.26. The van der Waals surface area contributed by atoms with Crippen molar-refractivity contribution in [1.82, 2.24) is 10.5 Å². The number of ether oxygens (including phenoxy) is 1. The molecule has 0 atom stereocenters. The number of hydrogen-bond donors (Lipinski definition) is 1. The van der Waals surface area contributed by atoms with Crippen LogP contribution in [0.2, 0.25) is 0 Å². The molecule has 7 heteroatoms. The molecule has 1 N–H and O–H groups in total. The molecule has 3 aromatic rings.